The van der Waals surface area contributed by atoms with Gasteiger partial charge < -0.3 is 10.2 Å². The summed E-state index contributed by atoms with van der Waals surface area (Å²) in [6, 6.07) is 11.5. The van der Waals surface area contributed by atoms with Gasteiger partial charge in [-0.3, -0.25) is 0 Å². The summed E-state index contributed by atoms with van der Waals surface area (Å²) in [5.74, 6) is 1.10. The summed E-state index contributed by atoms with van der Waals surface area (Å²) >= 11 is 0. The summed E-state index contributed by atoms with van der Waals surface area (Å²) in [5.41, 5.74) is 2.39. The standard InChI is InChI=1S/C15H16N2O2/c18-9-14(19)13-8-12(10-6-7-10)16-15(17-13)11-4-2-1-3-5-11/h1-5,8,10,14,18-19H,6-7,9H2. The first-order valence-corrected chi connectivity index (χ1v) is 6.51. The molecular formula is C15H16N2O2. The summed E-state index contributed by atoms with van der Waals surface area (Å²) in [6.45, 7) is -0.324. The van der Waals surface area contributed by atoms with E-state index in [1.54, 1.807) is 0 Å². The van der Waals surface area contributed by atoms with Gasteiger partial charge in [-0.1, -0.05) is 30.3 Å². The van der Waals surface area contributed by atoms with E-state index in [4.69, 9.17) is 5.11 Å². The molecule has 1 atom stereocenters. The number of aliphatic hydroxyl groups excluding tert-OH is 2. The number of hydrogen-bond donors (Lipinski definition) is 2. The zero-order valence-electron chi connectivity index (χ0n) is 10.5. The number of hydrogen-bond acceptors (Lipinski definition) is 4. The van der Waals surface area contributed by atoms with E-state index in [2.05, 4.69) is 9.97 Å². The average Bonchev–Trinajstić information content (AvgIpc) is 3.31. The van der Waals surface area contributed by atoms with Crippen LogP contribution < -0.4 is 0 Å². The molecule has 2 N–H and O–H groups in total. The third-order valence-corrected chi connectivity index (χ3v) is 3.31. The van der Waals surface area contributed by atoms with Crippen molar-refractivity contribution in [3.8, 4) is 11.4 Å². The summed E-state index contributed by atoms with van der Waals surface area (Å²) in [4.78, 5) is 8.94. The Bertz CT molecular complexity index is 568. The van der Waals surface area contributed by atoms with Gasteiger partial charge in [0.05, 0.1) is 12.3 Å². The van der Waals surface area contributed by atoms with Crippen molar-refractivity contribution in [2.24, 2.45) is 0 Å². The molecule has 1 fully saturated rings. The van der Waals surface area contributed by atoms with E-state index in [0.717, 1.165) is 24.1 Å². The van der Waals surface area contributed by atoms with Crippen molar-refractivity contribution in [1.82, 2.24) is 9.97 Å². The molecule has 0 saturated heterocycles. The minimum atomic E-state index is -0.942. The molecule has 19 heavy (non-hydrogen) atoms. The second-order valence-corrected chi connectivity index (χ2v) is 4.88. The Balaban J connectivity index is 2.05. The highest BCUT2D eigenvalue weighted by Gasteiger charge is 2.27. The van der Waals surface area contributed by atoms with E-state index in [-0.39, 0.29) is 6.61 Å². The van der Waals surface area contributed by atoms with Crippen LogP contribution in [0.4, 0.5) is 0 Å². The van der Waals surface area contributed by atoms with Crippen molar-refractivity contribution >= 4 is 0 Å². The lowest BCUT2D eigenvalue weighted by atomic mass is 10.1. The SMILES string of the molecule is OCC(O)c1cc(C2CC2)nc(-c2ccccc2)n1. The molecular weight excluding hydrogens is 240 g/mol. The van der Waals surface area contributed by atoms with Crippen LogP contribution in [0.5, 0.6) is 0 Å². The fourth-order valence-corrected chi connectivity index (χ4v) is 2.05. The molecule has 1 aromatic carbocycles. The molecule has 1 saturated carbocycles. The first-order chi connectivity index (χ1) is 9.28. The van der Waals surface area contributed by atoms with Crippen LogP contribution in [0.25, 0.3) is 11.4 Å². The highest BCUT2D eigenvalue weighted by atomic mass is 16.3. The second kappa shape index (κ2) is 5.07. The zero-order chi connectivity index (χ0) is 13.2. The van der Waals surface area contributed by atoms with E-state index in [9.17, 15) is 5.11 Å². The summed E-state index contributed by atoms with van der Waals surface area (Å²) in [5, 5.41) is 18.9. The smallest absolute Gasteiger partial charge is 0.159 e. The monoisotopic (exact) mass is 256 g/mol. The van der Waals surface area contributed by atoms with Gasteiger partial charge in [0.25, 0.3) is 0 Å². The minimum absolute atomic E-state index is 0.324. The van der Waals surface area contributed by atoms with Gasteiger partial charge in [0.1, 0.15) is 6.10 Å². The molecule has 2 aromatic rings. The Kier molecular flexibility index (Phi) is 3.27. The molecule has 1 aliphatic carbocycles. The maximum Gasteiger partial charge on any atom is 0.159 e. The largest absolute Gasteiger partial charge is 0.393 e. The quantitative estimate of drug-likeness (QED) is 0.878. The Morgan fingerprint density at radius 2 is 1.89 bits per heavy atom. The maximum atomic E-state index is 9.79. The average molecular weight is 256 g/mol. The van der Waals surface area contributed by atoms with E-state index in [1.165, 1.54) is 0 Å². The second-order valence-electron chi connectivity index (χ2n) is 4.88. The van der Waals surface area contributed by atoms with Gasteiger partial charge in [-0.25, -0.2) is 9.97 Å². The molecule has 1 aromatic heterocycles. The number of benzene rings is 1. The first-order valence-electron chi connectivity index (χ1n) is 6.51. The van der Waals surface area contributed by atoms with Crippen molar-refractivity contribution in [2.75, 3.05) is 6.61 Å². The Labute approximate surface area is 111 Å². The van der Waals surface area contributed by atoms with Crippen molar-refractivity contribution < 1.29 is 10.2 Å². The molecule has 0 spiro atoms. The van der Waals surface area contributed by atoms with E-state index < -0.39 is 6.10 Å². The lowest BCUT2D eigenvalue weighted by Crippen LogP contribution is -2.08. The predicted octanol–water partition coefficient (Wildman–Crippen LogP) is 2.05. The van der Waals surface area contributed by atoms with Gasteiger partial charge in [0, 0.05) is 17.2 Å². The number of rotatable bonds is 4. The first kappa shape index (κ1) is 12.3. The van der Waals surface area contributed by atoms with Gasteiger partial charge in [0.2, 0.25) is 0 Å². The van der Waals surface area contributed by atoms with Gasteiger partial charge in [0.15, 0.2) is 5.82 Å². The number of aromatic nitrogens is 2. The molecule has 0 bridgehead atoms. The van der Waals surface area contributed by atoms with Crippen LogP contribution in [-0.2, 0) is 0 Å². The van der Waals surface area contributed by atoms with Crippen LogP contribution in [0.1, 0.15) is 36.3 Å². The molecule has 4 nitrogen and oxygen atoms in total. The predicted molar refractivity (Wildman–Crippen MR) is 71.5 cm³/mol. The Morgan fingerprint density at radius 3 is 2.53 bits per heavy atom. The van der Waals surface area contributed by atoms with E-state index >= 15 is 0 Å². The molecule has 3 rings (SSSR count). The zero-order valence-corrected chi connectivity index (χ0v) is 10.5. The maximum absolute atomic E-state index is 9.79. The van der Waals surface area contributed by atoms with Crippen LogP contribution in [0.3, 0.4) is 0 Å². The number of nitrogens with zero attached hydrogens (tertiary/aromatic N) is 2. The van der Waals surface area contributed by atoms with Crippen molar-refractivity contribution in [2.45, 2.75) is 24.9 Å². The molecule has 1 heterocycles. The molecule has 1 unspecified atom stereocenters. The molecule has 4 heteroatoms. The minimum Gasteiger partial charge on any atom is -0.393 e. The van der Waals surface area contributed by atoms with E-state index in [1.807, 2.05) is 36.4 Å². The van der Waals surface area contributed by atoms with Crippen LogP contribution in [0.15, 0.2) is 36.4 Å². The van der Waals surface area contributed by atoms with Gasteiger partial charge in [-0.15, -0.1) is 0 Å². The van der Waals surface area contributed by atoms with Crippen LogP contribution in [-0.4, -0.2) is 26.8 Å². The third kappa shape index (κ3) is 2.64. The number of aliphatic hydroxyl groups is 2. The van der Waals surface area contributed by atoms with Crippen LogP contribution in [0, 0.1) is 0 Å². The summed E-state index contributed by atoms with van der Waals surface area (Å²) in [7, 11) is 0. The van der Waals surface area contributed by atoms with Crippen molar-refractivity contribution in [3.63, 3.8) is 0 Å². The van der Waals surface area contributed by atoms with Gasteiger partial charge in [-0.2, -0.15) is 0 Å². The fourth-order valence-electron chi connectivity index (χ4n) is 2.05. The normalized spacial score (nSPS) is 16.3. The van der Waals surface area contributed by atoms with Gasteiger partial charge in [-0.05, 0) is 18.9 Å². The highest BCUT2D eigenvalue weighted by Crippen LogP contribution is 2.40. The lowest BCUT2D eigenvalue weighted by molar-refractivity contribution is 0.0921. The molecule has 98 valence electrons. The molecule has 1 aliphatic rings. The van der Waals surface area contributed by atoms with E-state index in [0.29, 0.717) is 17.4 Å². The Hall–Kier alpha value is -1.78. The topological polar surface area (TPSA) is 66.2 Å². The van der Waals surface area contributed by atoms with Crippen LogP contribution in [0.2, 0.25) is 0 Å². The lowest BCUT2D eigenvalue weighted by Gasteiger charge is -2.11. The highest BCUT2D eigenvalue weighted by molar-refractivity contribution is 5.55. The summed E-state index contributed by atoms with van der Waals surface area (Å²) in [6.07, 6.45) is 1.34. The Morgan fingerprint density at radius 1 is 1.16 bits per heavy atom. The van der Waals surface area contributed by atoms with Crippen molar-refractivity contribution in [1.29, 1.82) is 0 Å². The molecule has 0 amide bonds. The van der Waals surface area contributed by atoms with Crippen LogP contribution >= 0.6 is 0 Å². The molecule has 0 radical (unpaired) electrons. The fraction of sp³-hybridized carbons (Fsp3) is 0.333. The van der Waals surface area contributed by atoms with Crippen molar-refractivity contribution in [3.05, 3.63) is 47.8 Å². The van der Waals surface area contributed by atoms with Gasteiger partial charge >= 0.3 is 0 Å². The summed E-state index contributed by atoms with van der Waals surface area (Å²) < 4.78 is 0. The third-order valence-electron chi connectivity index (χ3n) is 3.31. The molecule has 0 aliphatic heterocycles.